The number of fused-ring (bicyclic) bond motifs is 1. The highest BCUT2D eigenvalue weighted by molar-refractivity contribution is 5.86. The first-order valence-electron chi connectivity index (χ1n) is 9.26. The van der Waals surface area contributed by atoms with Gasteiger partial charge in [0.15, 0.2) is 0 Å². The van der Waals surface area contributed by atoms with E-state index in [4.69, 9.17) is 0 Å². The fourth-order valence-electron chi connectivity index (χ4n) is 5.52. The third-order valence-electron chi connectivity index (χ3n) is 7.30. The molecule has 1 nitrogen and oxygen atoms in total. The molecule has 0 amide bonds. The Bertz CT molecular complexity index is 383. The molecule has 0 spiro atoms. The second-order valence-corrected chi connectivity index (χ2v) is 9.00. The molecule has 21 heavy (non-hydrogen) atoms. The smallest absolute Gasteiger partial charge is 0.139 e. The van der Waals surface area contributed by atoms with Gasteiger partial charge in [-0.05, 0) is 48.3 Å². The van der Waals surface area contributed by atoms with Crippen LogP contribution < -0.4 is 0 Å². The summed E-state index contributed by atoms with van der Waals surface area (Å²) in [4.78, 5) is 12.9. The lowest BCUT2D eigenvalue weighted by molar-refractivity contribution is -0.156. The van der Waals surface area contributed by atoms with Crippen molar-refractivity contribution in [3.8, 4) is 0 Å². The van der Waals surface area contributed by atoms with Gasteiger partial charge in [0.1, 0.15) is 5.78 Å². The normalized spacial score (nSPS) is 40.7. The molecule has 2 fully saturated rings. The average molecular weight is 293 g/mol. The average Bonchev–Trinajstić information content (AvgIpc) is 2.42. The Morgan fingerprint density at radius 3 is 2.52 bits per heavy atom. The van der Waals surface area contributed by atoms with Crippen molar-refractivity contribution < 1.29 is 4.79 Å². The second-order valence-electron chi connectivity index (χ2n) is 9.00. The maximum atomic E-state index is 12.9. The number of hydrogen-bond donors (Lipinski definition) is 0. The van der Waals surface area contributed by atoms with Crippen LogP contribution in [0.3, 0.4) is 0 Å². The number of Topliss-reactive ketones (excluding diaryl/α,β-unsaturated/α-hetero) is 1. The first kappa shape index (κ1) is 17.0. The van der Waals surface area contributed by atoms with E-state index in [1.54, 1.807) is 0 Å². The molecule has 0 bridgehead atoms. The van der Waals surface area contributed by atoms with Crippen LogP contribution in [0.25, 0.3) is 0 Å². The van der Waals surface area contributed by atoms with E-state index in [1.807, 2.05) is 0 Å². The van der Waals surface area contributed by atoms with E-state index in [2.05, 4.69) is 41.5 Å². The monoisotopic (exact) mass is 292 g/mol. The van der Waals surface area contributed by atoms with Crippen molar-refractivity contribution in [2.24, 2.45) is 34.5 Å². The van der Waals surface area contributed by atoms with Crippen LogP contribution in [0, 0.1) is 34.5 Å². The molecule has 2 aliphatic carbocycles. The lowest BCUT2D eigenvalue weighted by atomic mass is 9.45. The Hall–Kier alpha value is -0.330. The molecule has 0 saturated heterocycles. The van der Waals surface area contributed by atoms with E-state index in [1.165, 1.54) is 32.1 Å². The molecule has 0 aromatic heterocycles. The van der Waals surface area contributed by atoms with Crippen LogP contribution in [0.15, 0.2) is 0 Å². The third kappa shape index (κ3) is 2.94. The van der Waals surface area contributed by atoms with Crippen molar-refractivity contribution in [3.63, 3.8) is 0 Å². The largest absolute Gasteiger partial charge is 0.299 e. The number of hydrogen-bond acceptors (Lipinski definition) is 1. The Kier molecular flexibility index (Phi) is 4.90. The fraction of sp³-hybridized carbons (Fsp3) is 0.950. The predicted octanol–water partition coefficient (Wildman–Crippen LogP) is 5.87. The Morgan fingerprint density at radius 1 is 1.24 bits per heavy atom. The maximum Gasteiger partial charge on any atom is 0.139 e. The summed E-state index contributed by atoms with van der Waals surface area (Å²) in [5.74, 6) is 3.30. The Labute approximate surface area is 132 Å². The summed E-state index contributed by atoms with van der Waals surface area (Å²) in [6.45, 7) is 14.2. The highest BCUT2D eigenvalue weighted by Gasteiger charge is 2.57. The van der Waals surface area contributed by atoms with Crippen LogP contribution in [0.1, 0.15) is 86.5 Å². The van der Waals surface area contributed by atoms with Crippen LogP contribution in [0.5, 0.6) is 0 Å². The van der Waals surface area contributed by atoms with Gasteiger partial charge in [-0.1, -0.05) is 60.8 Å². The standard InChI is InChI=1S/C20H36O/c1-7-14(2)8-10-16-15(3)9-11-17-19(4,5)13-12-18(21)20(16,17)6/h14-17H,7-13H2,1-6H3/t14-,15+,16+,17+,20-/m1/s1. The van der Waals surface area contributed by atoms with Crippen molar-refractivity contribution in [1.82, 2.24) is 0 Å². The molecule has 0 aromatic carbocycles. The van der Waals surface area contributed by atoms with E-state index in [0.29, 0.717) is 29.0 Å². The summed E-state index contributed by atoms with van der Waals surface area (Å²) < 4.78 is 0. The van der Waals surface area contributed by atoms with Crippen molar-refractivity contribution in [1.29, 1.82) is 0 Å². The molecule has 1 heteroatoms. The van der Waals surface area contributed by atoms with Gasteiger partial charge in [-0.2, -0.15) is 0 Å². The molecule has 0 heterocycles. The Balaban J connectivity index is 2.26. The highest BCUT2D eigenvalue weighted by Crippen LogP contribution is 2.60. The lowest BCUT2D eigenvalue weighted by Gasteiger charge is -2.58. The first-order valence-corrected chi connectivity index (χ1v) is 9.26. The predicted molar refractivity (Wildman–Crippen MR) is 90.2 cm³/mol. The minimum Gasteiger partial charge on any atom is -0.299 e. The maximum absolute atomic E-state index is 12.9. The molecule has 5 atom stereocenters. The van der Waals surface area contributed by atoms with Gasteiger partial charge in [-0.15, -0.1) is 0 Å². The van der Waals surface area contributed by atoms with E-state index in [9.17, 15) is 4.79 Å². The van der Waals surface area contributed by atoms with Crippen molar-refractivity contribution >= 4 is 5.78 Å². The zero-order chi connectivity index (χ0) is 15.8. The third-order valence-corrected chi connectivity index (χ3v) is 7.30. The highest BCUT2D eigenvalue weighted by atomic mass is 16.1. The molecular formula is C20H36O. The number of ketones is 1. The molecule has 2 aliphatic rings. The number of carbonyl (C=O) groups is 1. The zero-order valence-corrected chi connectivity index (χ0v) is 15.2. The molecule has 122 valence electrons. The zero-order valence-electron chi connectivity index (χ0n) is 15.2. The second kappa shape index (κ2) is 6.05. The van der Waals surface area contributed by atoms with Crippen molar-refractivity contribution in [2.75, 3.05) is 0 Å². The van der Waals surface area contributed by atoms with Crippen LogP contribution >= 0.6 is 0 Å². The summed E-state index contributed by atoms with van der Waals surface area (Å²) in [6, 6.07) is 0. The minimum atomic E-state index is -0.0487. The SMILES string of the molecule is CC[C@@H](C)CC[C@H]1[C@@H](C)CC[C@H]2C(C)(C)CCC(=O)[C@]12C. The van der Waals surface area contributed by atoms with Gasteiger partial charge in [-0.25, -0.2) is 0 Å². The molecule has 0 aromatic rings. The minimum absolute atomic E-state index is 0.0487. The summed E-state index contributed by atoms with van der Waals surface area (Å²) in [5.41, 5.74) is 0.296. The molecule has 0 unspecified atom stereocenters. The molecular weight excluding hydrogens is 256 g/mol. The van der Waals surface area contributed by atoms with Gasteiger partial charge in [0.25, 0.3) is 0 Å². The molecule has 2 rings (SSSR count). The summed E-state index contributed by atoms with van der Waals surface area (Å²) >= 11 is 0. The quantitative estimate of drug-likeness (QED) is 0.633. The van der Waals surface area contributed by atoms with Crippen LogP contribution in [0.2, 0.25) is 0 Å². The van der Waals surface area contributed by atoms with Crippen molar-refractivity contribution in [3.05, 3.63) is 0 Å². The molecule has 2 saturated carbocycles. The molecule has 0 N–H and O–H groups in total. The van der Waals surface area contributed by atoms with Gasteiger partial charge in [0.05, 0.1) is 0 Å². The summed E-state index contributed by atoms with van der Waals surface area (Å²) in [5, 5.41) is 0. The topological polar surface area (TPSA) is 17.1 Å². The van der Waals surface area contributed by atoms with Crippen LogP contribution in [-0.2, 0) is 4.79 Å². The van der Waals surface area contributed by atoms with E-state index in [0.717, 1.165) is 18.8 Å². The van der Waals surface area contributed by atoms with E-state index < -0.39 is 0 Å². The van der Waals surface area contributed by atoms with E-state index in [-0.39, 0.29) is 5.41 Å². The van der Waals surface area contributed by atoms with Gasteiger partial charge < -0.3 is 0 Å². The van der Waals surface area contributed by atoms with Gasteiger partial charge in [-0.3, -0.25) is 4.79 Å². The molecule has 0 aliphatic heterocycles. The number of carbonyl (C=O) groups excluding carboxylic acids is 1. The van der Waals surface area contributed by atoms with Crippen LogP contribution in [-0.4, -0.2) is 5.78 Å². The number of rotatable bonds is 4. The van der Waals surface area contributed by atoms with Gasteiger partial charge >= 0.3 is 0 Å². The van der Waals surface area contributed by atoms with Gasteiger partial charge in [0, 0.05) is 11.8 Å². The molecule has 0 radical (unpaired) electrons. The van der Waals surface area contributed by atoms with Gasteiger partial charge in [0.2, 0.25) is 0 Å². The summed E-state index contributed by atoms with van der Waals surface area (Å²) in [6.07, 6.45) is 8.30. The van der Waals surface area contributed by atoms with Crippen LogP contribution in [0.4, 0.5) is 0 Å². The Morgan fingerprint density at radius 2 is 1.90 bits per heavy atom. The summed E-state index contributed by atoms with van der Waals surface area (Å²) in [7, 11) is 0. The first-order chi connectivity index (χ1) is 9.73. The lowest BCUT2D eigenvalue weighted by Crippen LogP contribution is -2.56. The van der Waals surface area contributed by atoms with E-state index >= 15 is 0 Å². The van der Waals surface area contributed by atoms with Crippen molar-refractivity contribution in [2.45, 2.75) is 86.5 Å². The fourth-order valence-corrected chi connectivity index (χ4v) is 5.52.